The van der Waals surface area contributed by atoms with Gasteiger partial charge in [-0.2, -0.15) is 0 Å². The van der Waals surface area contributed by atoms with Crippen LogP contribution >= 0.6 is 32.9 Å². The van der Waals surface area contributed by atoms with Crippen LogP contribution in [0.5, 0.6) is 0 Å². The number of hydrogen-bond acceptors (Lipinski definition) is 2. The predicted octanol–water partition coefficient (Wildman–Crippen LogP) is 2.62. The van der Waals surface area contributed by atoms with Crippen LogP contribution in [0, 0.1) is 13.8 Å². The van der Waals surface area contributed by atoms with Crippen molar-refractivity contribution in [3.63, 3.8) is 0 Å². The van der Waals surface area contributed by atoms with Gasteiger partial charge in [-0.25, -0.2) is 0 Å². The van der Waals surface area contributed by atoms with Crippen molar-refractivity contribution in [1.82, 2.24) is 0 Å². The number of benzene rings is 6. The molecular weight excluding hydrogens is 745 g/mol. The van der Waals surface area contributed by atoms with Crippen molar-refractivity contribution in [2.24, 2.45) is 0 Å². The largest absolute Gasteiger partial charge is 1.00 e. The maximum Gasteiger partial charge on any atom is -1.00 e. The van der Waals surface area contributed by atoms with Gasteiger partial charge in [-0.15, -0.1) is 0 Å². The Labute approximate surface area is 299 Å². The molecule has 0 spiro atoms. The second-order valence-electron chi connectivity index (χ2n) is 10.1. The summed E-state index contributed by atoms with van der Waals surface area (Å²) in [4.78, 5) is 2.98. The van der Waals surface area contributed by atoms with Crippen LogP contribution in [0.25, 0.3) is 0 Å². The van der Waals surface area contributed by atoms with Crippen LogP contribution in [-0.4, -0.2) is 0 Å². The van der Waals surface area contributed by atoms with E-state index in [1.54, 1.807) is 0 Å². The molecule has 0 fully saturated rings. The molecule has 0 saturated heterocycles. The van der Waals surface area contributed by atoms with E-state index in [1.165, 1.54) is 52.7 Å². The van der Waals surface area contributed by atoms with Crippen LogP contribution in [0.2, 0.25) is 0 Å². The van der Waals surface area contributed by atoms with Gasteiger partial charge in [0, 0.05) is 0 Å². The molecule has 0 saturated carbocycles. The van der Waals surface area contributed by atoms with E-state index in [-0.39, 0.29) is 24.8 Å². The second-order valence-corrected chi connectivity index (χ2v) is 23.1. The Hall–Kier alpha value is -1.66. The fraction of sp³-hybridized carbons (Fsp3) is 0.0526. The van der Waals surface area contributed by atoms with Gasteiger partial charge in [0.1, 0.15) is 0 Å². The van der Waals surface area contributed by atoms with Gasteiger partial charge in [0.2, 0.25) is 0 Å². The van der Waals surface area contributed by atoms with E-state index in [2.05, 4.69) is 189 Å². The van der Waals surface area contributed by atoms with Gasteiger partial charge in [0.05, 0.1) is 0 Å². The predicted molar refractivity (Wildman–Crippen MR) is 191 cm³/mol. The minimum absolute atomic E-state index is 0. The fourth-order valence-electron chi connectivity index (χ4n) is 5.16. The molecule has 224 valence electrons. The number of hydrogen-bond donors (Lipinski definition) is 0. The van der Waals surface area contributed by atoms with Gasteiger partial charge < -0.3 is 24.8 Å². The molecule has 0 aliphatic rings. The molecule has 0 aliphatic heterocycles. The normalized spacial score (nSPS) is 10.6. The number of rotatable bonds is 10. The Balaban J connectivity index is 0.00000230. The van der Waals surface area contributed by atoms with Crippen molar-refractivity contribution in [3.05, 3.63) is 169 Å². The summed E-state index contributed by atoms with van der Waals surface area (Å²) in [5.74, 6) is 0. The summed E-state index contributed by atoms with van der Waals surface area (Å²) in [5, 5.41) is 8.61. The van der Waals surface area contributed by atoms with Gasteiger partial charge in [0.15, 0.2) is 0 Å². The van der Waals surface area contributed by atoms with Crippen molar-refractivity contribution < 1.29 is 45.1 Å². The van der Waals surface area contributed by atoms with E-state index in [0.717, 1.165) is 0 Å². The fourth-order valence-corrected chi connectivity index (χ4v) is 22.3. The van der Waals surface area contributed by atoms with Crippen LogP contribution in [0.3, 0.4) is 0 Å². The minimum atomic E-state index is -0.948. The number of aryl methyl sites for hydroxylation is 2. The van der Waals surface area contributed by atoms with E-state index in [0.29, 0.717) is 0 Å². The average Bonchev–Trinajstić information content (AvgIpc) is 3.06. The monoisotopic (exact) mass is 774 g/mol. The quantitative estimate of drug-likeness (QED) is 0.197. The molecule has 0 N–H and O–H groups in total. The van der Waals surface area contributed by atoms with Gasteiger partial charge in [-0.3, -0.25) is 0 Å². The SMILES string of the molecule is Cc1cccc(P(c2ccccc2)c2ccccc2)c1[S][Zr+2][S]c1c(C)cccc1P(c1ccccc1)c1ccccc1.[Cl-].[Cl-]. The molecule has 45 heavy (non-hydrogen) atoms. The standard InChI is InChI=1S/2C19H17PS.2ClH.Zr/c2*1-15-9-8-14-18(19(15)21)20(16-10-4-2-5-11-16)17-12-6-3-7-13-17;;;/h2*2-14,21H,1H3;2*1H;/q;;;;+4/p-4. The van der Waals surface area contributed by atoms with Crippen molar-refractivity contribution in [1.29, 1.82) is 0 Å². The Bertz CT molecular complexity index is 1570. The van der Waals surface area contributed by atoms with Gasteiger partial charge in [0.25, 0.3) is 0 Å². The molecule has 0 heterocycles. The molecule has 0 atom stereocenters. The van der Waals surface area contributed by atoms with Crippen molar-refractivity contribution in [2.45, 2.75) is 23.6 Å². The molecule has 6 aromatic rings. The third-order valence-corrected chi connectivity index (χ3v) is 21.3. The van der Waals surface area contributed by atoms with Crippen molar-refractivity contribution >= 4 is 64.7 Å². The van der Waals surface area contributed by atoms with Crippen molar-refractivity contribution in [3.8, 4) is 0 Å². The van der Waals surface area contributed by atoms with E-state index < -0.39 is 36.1 Å². The van der Waals surface area contributed by atoms with E-state index >= 15 is 0 Å². The van der Waals surface area contributed by atoms with Gasteiger partial charge >= 0.3 is 278 Å². The van der Waals surface area contributed by atoms with Crippen LogP contribution in [0.1, 0.15) is 11.1 Å². The first-order chi connectivity index (χ1) is 21.2. The molecule has 7 heteroatoms. The molecule has 6 rings (SSSR count). The molecule has 6 aromatic carbocycles. The Morgan fingerprint density at radius 3 is 0.956 bits per heavy atom. The average molecular weight is 777 g/mol. The maximum atomic E-state index is 2.38. The van der Waals surface area contributed by atoms with Crippen LogP contribution < -0.4 is 56.6 Å². The molecule has 0 bridgehead atoms. The second kappa shape index (κ2) is 18.0. The van der Waals surface area contributed by atoms with Crippen molar-refractivity contribution in [2.75, 3.05) is 0 Å². The summed E-state index contributed by atoms with van der Waals surface area (Å²) in [5.41, 5.74) is 2.79. The summed E-state index contributed by atoms with van der Waals surface area (Å²) in [6, 6.07) is 58.2. The molecular formula is C38H32Cl2P2S2Zr. The molecule has 0 aromatic heterocycles. The van der Waals surface area contributed by atoms with Crippen LogP contribution in [0.15, 0.2) is 168 Å². The molecule has 0 nitrogen and oxygen atoms in total. The van der Waals surface area contributed by atoms with Crippen LogP contribution in [0.4, 0.5) is 0 Å². The maximum absolute atomic E-state index is 2.38. The smallest absolute Gasteiger partial charge is 1.00 e. The summed E-state index contributed by atoms with van der Waals surface area (Å²) >= 11 is -0.948. The Morgan fingerprint density at radius 1 is 0.378 bits per heavy atom. The first kappa shape index (κ1) is 36.2. The summed E-state index contributed by atoms with van der Waals surface area (Å²) in [6.07, 6.45) is 0. The molecule has 0 aliphatic carbocycles. The van der Waals surface area contributed by atoms with Gasteiger partial charge in [-0.05, 0) is 0 Å². The summed E-state index contributed by atoms with van der Waals surface area (Å²) in [6.45, 7) is 4.59. The molecule has 0 amide bonds. The van der Waals surface area contributed by atoms with E-state index in [4.69, 9.17) is 0 Å². The summed E-state index contributed by atoms with van der Waals surface area (Å²) in [7, 11) is 3.05. The minimum Gasteiger partial charge on any atom is -1.00 e. The topological polar surface area (TPSA) is 0 Å². The third-order valence-electron chi connectivity index (χ3n) is 7.21. The Kier molecular flexibility index (Phi) is 14.5. The third kappa shape index (κ3) is 8.83. The van der Waals surface area contributed by atoms with Crippen LogP contribution in [-0.2, 0) is 20.3 Å². The molecule has 0 radical (unpaired) electrons. The Morgan fingerprint density at radius 2 is 0.667 bits per heavy atom. The van der Waals surface area contributed by atoms with E-state index in [1.807, 2.05) is 0 Å². The zero-order valence-electron chi connectivity index (χ0n) is 25.0. The molecule has 0 unspecified atom stereocenters. The van der Waals surface area contributed by atoms with Gasteiger partial charge in [-0.1, -0.05) is 0 Å². The first-order valence-electron chi connectivity index (χ1n) is 14.3. The van der Waals surface area contributed by atoms with E-state index in [9.17, 15) is 0 Å². The summed E-state index contributed by atoms with van der Waals surface area (Å²) < 4.78 is 0. The number of halogens is 2. The zero-order chi connectivity index (χ0) is 29.4. The first-order valence-corrected chi connectivity index (χ1v) is 24.6. The zero-order valence-corrected chi connectivity index (χ0v) is 32.4.